The zero-order valence-electron chi connectivity index (χ0n) is 13.8. The van der Waals surface area contributed by atoms with Crippen LogP contribution in [0.2, 0.25) is 5.02 Å². The predicted molar refractivity (Wildman–Crippen MR) is 95.4 cm³/mol. The van der Waals surface area contributed by atoms with Gasteiger partial charge in [-0.3, -0.25) is 10.1 Å². The lowest BCUT2D eigenvalue weighted by molar-refractivity contribution is -0.126. The molecule has 2 N–H and O–H groups in total. The highest BCUT2D eigenvalue weighted by Gasteiger charge is 2.48. The fraction of sp³-hybridized carbons (Fsp3) is 0.250. The lowest BCUT2D eigenvalue weighted by atomic mass is 10.1. The Morgan fingerprint density at radius 3 is 2.96 bits per heavy atom. The van der Waals surface area contributed by atoms with Crippen molar-refractivity contribution in [3.8, 4) is 0 Å². The highest BCUT2D eigenvalue weighted by Crippen LogP contribution is 2.23. The lowest BCUT2D eigenvalue weighted by Gasteiger charge is -2.35. The molecule has 1 aromatic carbocycles. The molecule has 0 bridgehead atoms. The smallest absolute Gasteiger partial charge is 0.322 e. The third-order valence-electron chi connectivity index (χ3n) is 4.04. The van der Waals surface area contributed by atoms with E-state index in [1.165, 1.54) is 23.2 Å². The molecule has 3 amide bonds. The van der Waals surface area contributed by atoms with Crippen molar-refractivity contribution in [2.75, 3.05) is 13.6 Å². The molecule has 10 heteroatoms. The van der Waals surface area contributed by atoms with Crippen LogP contribution in [0.1, 0.15) is 5.56 Å². The highest BCUT2D eigenvalue weighted by atomic mass is 35.5. The number of urea groups is 1. The van der Waals surface area contributed by atoms with Gasteiger partial charge in [0.15, 0.2) is 12.2 Å². The summed E-state index contributed by atoms with van der Waals surface area (Å²) in [7, 11) is 1.54. The summed E-state index contributed by atoms with van der Waals surface area (Å²) in [6.45, 7) is 3.97. The van der Waals surface area contributed by atoms with Gasteiger partial charge in [-0.25, -0.2) is 19.6 Å². The molecule has 2 aliphatic heterocycles. The normalized spacial score (nSPS) is 22.3. The maximum atomic E-state index is 13.8. The molecule has 0 radical (unpaired) electrons. The van der Waals surface area contributed by atoms with Gasteiger partial charge in [0, 0.05) is 19.2 Å². The van der Waals surface area contributed by atoms with Gasteiger partial charge in [0.05, 0.1) is 11.2 Å². The van der Waals surface area contributed by atoms with E-state index < -0.39 is 30.0 Å². The number of hydrazone groups is 1. The van der Waals surface area contributed by atoms with E-state index in [0.717, 1.165) is 0 Å². The number of nitrogens with zero attached hydrogens (tertiary/aromatic N) is 4. The van der Waals surface area contributed by atoms with Gasteiger partial charge in [-0.05, 0) is 12.1 Å². The van der Waals surface area contributed by atoms with Crippen molar-refractivity contribution in [2.45, 2.75) is 12.2 Å². The summed E-state index contributed by atoms with van der Waals surface area (Å²) in [5, 5.41) is 6.45. The second-order valence-corrected chi connectivity index (χ2v) is 6.07. The van der Waals surface area contributed by atoms with Gasteiger partial charge in [0.1, 0.15) is 5.82 Å². The number of hydrogen-bond donors (Lipinski definition) is 2. The summed E-state index contributed by atoms with van der Waals surface area (Å²) in [5.41, 5.74) is 2.81. The Balaban J connectivity index is 1.83. The minimum atomic E-state index is -0.703. The Kier molecular flexibility index (Phi) is 4.90. The minimum Gasteiger partial charge on any atom is -0.322 e. The number of hydrogen-bond acceptors (Lipinski definition) is 6. The predicted octanol–water partition coefficient (Wildman–Crippen LogP) is 1.14. The van der Waals surface area contributed by atoms with Crippen molar-refractivity contribution in [1.82, 2.24) is 20.5 Å². The highest BCUT2D eigenvalue weighted by molar-refractivity contribution is 6.33. The van der Waals surface area contributed by atoms with Crippen LogP contribution in [0.5, 0.6) is 0 Å². The number of benzene rings is 1. The topological polar surface area (TPSA) is 89.4 Å². The molecule has 0 spiro atoms. The number of rotatable bonds is 4. The standard InChI is InChI=1S/C16H16ClFN6O2/c1-3-7-24-12-13(23(2)16(26)21-14(12)25)20-15(24)22-19-8-9-10(17)5-4-6-11(9)18/h3-6,8,12-13H,1,7H2,2H3,(H,20,22)(H,21,25,26)/b19-8+. The van der Waals surface area contributed by atoms with Gasteiger partial charge >= 0.3 is 6.03 Å². The van der Waals surface area contributed by atoms with Gasteiger partial charge in [-0.15, -0.1) is 6.58 Å². The molecule has 2 atom stereocenters. The molecule has 1 saturated heterocycles. The van der Waals surface area contributed by atoms with Crippen LogP contribution in [0.3, 0.4) is 0 Å². The Hall–Kier alpha value is -2.94. The maximum Gasteiger partial charge on any atom is 0.325 e. The van der Waals surface area contributed by atoms with Crippen LogP contribution in [-0.4, -0.2) is 59.7 Å². The van der Waals surface area contributed by atoms with Gasteiger partial charge < -0.3 is 9.80 Å². The van der Waals surface area contributed by atoms with Crippen molar-refractivity contribution in [3.63, 3.8) is 0 Å². The molecule has 2 aliphatic rings. The van der Waals surface area contributed by atoms with Crippen molar-refractivity contribution in [3.05, 3.63) is 47.3 Å². The molecule has 0 aromatic heterocycles. The molecule has 0 aliphatic carbocycles. The number of fused-ring (bicyclic) bond motifs is 1. The first-order valence-electron chi connectivity index (χ1n) is 7.70. The molecular weight excluding hydrogens is 363 g/mol. The van der Waals surface area contributed by atoms with E-state index in [2.05, 4.69) is 27.4 Å². The number of carbonyl (C=O) groups is 2. The molecule has 3 rings (SSSR count). The van der Waals surface area contributed by atoms with E-state index in [1.54, 1.807) is 24.1 Å². The number of halogens is 2. The zero-order valence-corrected chi connectivity index (χ0v) is 14.6. The van der Waals surface area contributed by atoms with Crippen LogP contribution in [0.25, 0.3) is 0 Å². The van der Waals surface area contributed by atoms with Crippen LogP contribution in [0.15, 0.2) is 40.9 Å². The van der Waals surface area contributed by atoms with Crippen LogP contribution in [-0.2, 0) is 4.79 Å². The summed E-state index contributed by atoms with van der Waals surface area (Å²) in [6, 6.07) is 3.07. The number of amides is 3. The molecule has 2 unspecified atom stereocenters. The number of likely N-dealkylation sites (N-methyl/N-ethyl adjacent to an activating group) is 1. The van der Waals surface area contributed by atoms with Gasteiger partial charge in [0.2, 0.25) is 5.96 Å². The second kappa shape index (κ2) is 7.12. The number of aliphatic imine (C=N–C) groups is 1. The van der Waals surface area contributed by atoms with E-state index in [-0.39, 0.29) is 16.5 Å². The van der Waals surface area contributed by atoms with Crippen molar-refractivity contribution in [2.24, 2.45) is 10.1 Å². The Morgan fingerprint density at radius 1 is 1.50 bits per heavy atom. The quantitative estimate of drug-likeness (QED) is 0.467. The molecule has 26 heavy (non-hydrogen) atoms. The van der Waals surface area contributed by atoms with Crippen molar-refractivity contribution < 1.29 is 14.0 Å². The first-order valence-corrected chi connectivity index (χ1v) is 8.08. The fourth-order valence-corrected chi connectivity index (χ4v) is 2.96. The fourth-order valence-electron chi connectivity index (χ4n) is 2.75. The largest absolute Gasteiger partial charge is 0.325 e. The van der Waals surface area contributed by atoms with Crippen molar-refractivity contribution >= 4 is 35.7 Å². The van der Waals surface area contributed by atoms with Crippen LogP contribution < -0.4 is 10.7 Å². The van der Waals surface area contributed by atoms with E-state index in [0.29, 0.717) is 6.54 Å². The zero-order chi connectivity index (χ0) is 18.8. The summed E-state index contributed by atoms with van der Waals surface area (Å²) in [6.07, 6.45) is 2.13. The SMILES string of the molecule is C=CCN1C(N/N=C/c2c(F)cccc2Cl)=NC2C1C(=O)NC(=O)N2C. The van der Waals surface area contributed by atoms with Crippen molar-refractivity contribution in [1.29, 1.82) is 0 Å². The first-order chi connectivity index (χ1) is 12.4. The number of carbonyl (C=O) groups excluding carboxylic acids is 2. The lowest BCUT2D eigenvalue weighted by Crippen LogP contribution is -2.64. The Morgan fingerprint density at radius 2 is 2.27 bits per heavy atom. The second-order valence-electron chi connectivity index (χ2n) is 5.66. The molecule has 136 valence electrons. The Bertz CT molecular complexity index is 807. The van der Waals surface area contributed by atoms with Gasteiger partial charge in [-0.2, -0.15) is 5.10 Å². The monoisotopic (exact) mass is 378 g/mol. The van der Waals surface area contributed by atoms with E-state index >= 15 is 0 Å². The van der Waals surface area contributed by atoms with E-state index in [9.17, 15) is 14.0 Å². The minimum absolute atomic E-state index is 0.123. The van der Waals surface area contributed by atoms with Gasteiger partial charge in [-0.1, -0.05) is 23.7 Å². The molecule has 2 heterocycles. The summed E-state index contributed by atoms with van der Waals surface area (Å²) < 4.78 is 13.8. The summed E-state index contributed by atoms with van der Waals surface area (Å²) >= 11 is 5.95. The number of imide groups is 1. The average molecular weight is 379 g/mol. The van der Waals surface area contributed by atoms with Crippen LogP contribution >= 0.6 is 11.6 Å². The number of guanidine groups is 1. The summed E-state index contributed by atoms with van der Waals surface area (Å²) in [4.78, 5) is 31.3. The Labute approximate surface area is 154 Å². The molecular formula is C16H16ClFN6O2. The third kappa shape index (κ3) is 3.13. The molecule has 1 fully saturated rings. The maximum absolute atomic E-state index is 13.8. The first kappa shape index (κ1) is 17.9. The van der Waals surface area contributed by atoms with Gasteiger partial charge in [0.25, 0.3) is 5.91 Å². The van der Waals surface area contributed by atoms with E-state index in [1.807, 2.05) is 0 Å². The molecule has 1 aromatic rings. The van der Waals surface area contributed by atoms with Crippen LogP contribution in [0.4, 0.5) is 9.18 Å². The molecule has 0 saturated carbocycles. The van der Waals surface area contributed by atoms with E-state index in [4.69, 9.17) is 11.6 Å². The number of nitrogens with one attached hydrogen (secondary N) is 2. The van der Waals surface area contributed by atoms with Crippen LogP contribution in [0, 0.1) is 5.82 Å². The summed E-state index contributed by atoms with van der Waals surface area (Å²) in [5.74, 6) is -0.709. The third-order valence-corrected chi connectivity index (χ3v) is 4.37. The average Bonchev–Trinajstić information content (AvgIpc) is 2.95. The molecule has 8 nitrogen and oxygen atoms in total.